The average Bonchev–Trinajstić information content (AvgIpc) is 2.43. The van der Waals surface area contributed by atoms with Crippen LogP contribution >= 0.6 is 73.6 Å². The van der Waals surface area contributed by atoms with E-state index < -0.39 is 0 Å². The average molecular weight is 475 g/mol. The largest absolute Gasteiger partial charge is 0.309 e. The molecule has 0 aromatic carbocycles. The number of hydrogen-bond donors (Lipinski definition) is 5. The molecule has 0 aromatic rings. The predicted molar refractivity (Wildman–Crippen MR) is 113 cm³/mol. The molecule has 0 saturated carbocycles. The normalized spacial score (nSPS) is 11.6. The van der Waals surface area contributed by atoms with E-state index in [4.69, 9.17) is 0 Å². The molecule has 0 rings (SSSR count). The molecule has 0 fully saturated rings. The van der Waals surface area contributed by atoms with Crippen molar-refractivity contribution in [3.8, 4) is 0 Å². The lowest BCUT2D eigenvalue weighted by Gasteiger charge is -2.08. The first-order chi connectivity index (χ1) is 8.98. The van der Waals surface area contributed by atoms with E-state index in [1.165, 1.54) is 11.8 Å². The monoisotopic (exact) mass is 474 g/mol. The third-order valence-electron chi connectivity index (χ3n) is 1.85. The molecule has 9 heteroatoms. The zero-order valence-electron chi connectivity index (χ0n) is 12.5. The molecular formula is C11H27IN2O2S4. The summed E-state index contributed by atoms with van der Waals surface area (Å²) >= 11 is 12.7. The van der Waals surface area contributed by atoms with Crippen LogP contribution in [0.25, 0.3) is 0 Å². The van der Waals surface area contributed by atoms with Crippen LogP contribution in [-0.4, -0.2) is 54.2 Å². The summed E-state index contributed by atoms with van der Waals surface area (Å²) in [7, 11) is 3.46. The van der Waals surface area contributed by atoms with E-state index in [0.717, 1.165) is 0 Å². The van der Waals surface area contributed by atoms with Crippen molar-refractivity contribution < 1.29 is 9.59 Å². The second kappa shape index (κ2) is 22.7. The van der Waals surface area contributed by atoms with Crippen LogP contribution in [0.5, 0.6) is 0 Å². The number of thioether (sulfide) groups is 1. The van der Waals surface area contributed by atoms with E-state index in [1.807, 2.05) is 13.8 Å². The summed E-state index contributed by atoms with van der Waals surface area (Å²) in [6.07, 6.45) is 1.77. The minimum Gasteiger partial charge on any atom is -0.309 e. The smallest absolute Gasteiger partial charge is 0.206 e. The number of rotatable bonds is 6. The fourth-order valence-corrected chi connectivity index (χ4v) is 2.39. The van der Waals surface area contributed by atoms with Gasteiger partial charge in [-0.05, 0) is 20.4 Å². The van der Waals surface area contributed by atoms with Crippen molar-refractivity contribution in [1.82, 2.24) is 10.6 Å². The maximum atomic E-state index is 10.8. The quantitative estimate of drug-likeness (QED) is 0.301. The van der Waals surface area contributed by atoms with Crippen LogP contribution in [0.3, 0.4) is 0 Å². The first kappa shape index (κ1) is 29.4. The Bertz CT molecular complexity index is 228. The molecule has 0 aliphatic rings. The highest BCUT2D eigenvalue weighted by Gasteiger charge is 2.11. The van der Waals surface area contributed by atoms with Gasteiger partial charge in [0.1, 0.15) is 0 Å². The van der Waals surface area contributed by atoms with Crippen LogP contribution in [-0.2, 0) is 9.59 Å². The summed E-state index contributed by atoms with van der Waals surface area (Å²) in [5.41, 5.74) is 0. The Labute approximate surface area is 161 Å². The third kappa shape index (κ3) is 17.4. The molecule has 0 bridgehead atoms. The van der Waals surface area contributed by atoms with E-state index in [9.17, 15) is 9.59 Å². The van der Waals surface area contributed by atoms with Crippen LogP contribution in [0.2, 0.25) is 0 Å². The zero-order chi connectivity index (χ0) is 15.8. The van der Waals surface area contributed by atoms with Crippen molar-refractivity contribution in [1.29, 1.82) is 0 Å². The Balaban J connectivity index is -0.000000109. The highest BCUT2D eigenvalue weighted by molar-refractivity contribution is 14.0. The summed E-state index contributed by atoms with van der Waals surface area (Å²) in [6, 6.07) is -0.301. The van der Waals surface area contributed by atoms with Crippen molar-refractivity contribution in [2.45, 2.75) is 25.9 Å². The van der Waals surface area contributed by atoms with Crippen molar-refractivity contribution >= 4 is 83.9 Å². The summed E-state index contributed by atoms with van der Waals surface area (Å²) < 4.78 is 0. The second-order valence-corrected chi connectivity index (χ2v) is 4.89. The van der Waals surface area contributed by atoms with Crippen molar-refractivity contribution in [2.75, 3.05) is 31.9 Å². The Morgan fingerprint density at radius 1 is 1.05 bits per heavy atom. The van der Waals surface area contributed by atoms with Gasteiger partial charge >= 0.3 is 0 Å². The highest BCUT2D eigenvalue weighted by Crippen LogP contribution is 2.00. The SMILES string of the molecule is CC.CN[C@@H](CS)C(=O)S.CN[C@@H](CS)C(=O)SC.I. The summed E-state index contributed by atoms with van der Waals surface area (Å²) in [5, 5.41) is 5.59. The molecule has 2 N–H and O–H groups in total. The van der Waals surface area contributed by atoms with Crippen molar-refractivity contribution in [3.05, 3.63) is 0 Å². The molecular weight excluding hydrogens is 447 g/mol. The maximum Gasteiger partial charge on any atom is 0.206 e. The van der Waals surface area contributed by atoms with Gasteiger partial charge in [0.2, 0.25) is 10.2 Å². The molecule has 0 saturated heterocycles. The summed E-state index contributed by atoms with van der Waals surface area (Å²) in [6.45, 7) is 4.00. The second-order valence-electron chi connectivity index (χ2n) is 2.91. The van der Waals surface area contributed by atoms with Crippen LogP contribution in [0, 0.1) is 0 Å². The molecule has 2 atom stereocenters. The number of likely N-dealkylation sites (N-methyl/N-ethyl adjacent to an activating group) is 2. The molecule has 0 amide bonds. The lowest BCUT2D eigenvalue weighted by Crippen LogP contribution is -2.33. The fraction of sp³-hybridized carbons (Fsp3) is 0.818. The van der Waals surface area contributed by atoms with E-state index in [-0.39, 0.29) is 46.3 Å². The van der Waals surface area contributed by atoms with Crippen LogP contribution in [0.4, 0.5) is 0 Å². The molecule has 0 heterocycles. The predicted octanol–water partition coefficient (Wildman–Crippen LogP) is 2.00. The number of nitrogens with one attached hydrogen (secondary N) is 2. The highest BCUT2D eigenvalue weighted by atomic mass is 127. The Kier molecular flexibility index (Phi) is 33.3. The molecule has 0 aliphatic carbocycles. The molecule has 0 aromatic heterocycles. The molecule has 124 valence electrons. The summed E-state index contributed by atoms with van der Waals surface area (Å²) in [4.78, 5) is 21.2. The van der Waals surface area contributed by atoms with Gasteiger partial charge in [-0.25, -0.2) is 0 Å². The summed E-state index contributed by atoms with van der Waals surface area (Å²) in [5.74, 6) is 1.06. The lowest BCUT2D eigenvalue weighted by molar-refractivity contribution is -0.112. The Morgan fingerprint density at radius 3 is 1.45 bits per heavy atom. The Hall–Kier alpha value is 1.39. The number of hydrogen-bond acceptors (Lipinski definition) is 7. The van der Waals surface area contributed by atoms with Crippen LogP contribution < -0.4 is 10.6 Å². The maximum absolute atomic E-state index is 10.8. The number of halogens is 1. The molecule has 0 radical (unpaired) electrons. The topological polar surface area (TPSA) is 58.2 Å². The van der Waals surface area contributed by atoms with Gasteiger partial charge in [0.05, 0.1) is 12.1 Å². The Morgan fingerprint density at radius 2 is 1.40 bits per heavy atom. The van der Waals surface area contributed by atoms with Crippen molar-refractivity contribution in [3.63, 3.8) is 0 Å². The standard InChI is InChI=1S/C5H11NOS2.C4H9NOS2.C2H6.HI/c1-6-4(3-8)5(7)9-2;1-5-3(2-7)4(6)8;1-2;/h4,6,8H,3H2,1-2H3;3,5,7H,2H2,1H3,(H,6,8);1-2H3;1H/t4-;3-;;/m00../s1. The number of carbonyl (C=O) groups is 2. The molecule has 0 unspecified atom stereocenters. The van der Waals surface area contributed by atoms with Gasteiger partial charge in [-0.1, -0.05) is 25.6 Å². The van der Waals surface area contributed by atoms with Gasteiger partial charge in [0, 0.05) is 11.5 Å². The third-order valence-corrected chi connectivity index (χ3v) is 3.57. The van der Waals surface area contributed by atoms with Crippen LogP contribution in [0.1, 0.15) is 13.8 Å². The molecule has 4 nitrogen and oxygen atoms in total. The van der Waals surface area contributed by atoms with Gasteiger partial charge in [0.15, 0.2) is 0 Å². The first-order valence-corrected chi connectivity index (χ1v) is 8.78. The number of thiol groups is 3. The van der Waals surface area contributed by atoms with Gasteiger partial charge in [-0.3, -0.25) is 9.59 Å². The van der Waals surface area contributed by atoms with E-state index in [1.54, 1.807) is 20.4 Å². The van der Waals surface area contributed by atoms with Gasteiger partial charge in [-0.15, -0.1) is 36.6 Å². The minimum absolute atomic E-state index is 0. The van der Waals surface area contributed by atoms with E-state index >= 15 is 0 Å². The number of carbonyl (C=O) groups excluding carboxylic acids is 2. The van der Waals surface area contributed by atoms with Crippen LogP contribution in [0.15, 0.2) is 0 Å². The lowest BCUT2D eigenvalue weighted by atomic mass is 10.4. The molecule has 20 heavy (non-hydrogen) atoms. The zero-order valence-corrected chi connectivity index (χ0v) is 18.4. The van der Waals surface area contributed by atoms with Gasteiger partial charge < -0.3 is 10.6 Å². The van der Waals surface area contributed by atoms with Gasteiger partial charge in [0.25, 0.3) is 0 Å². The van der Waals surface area contributed by atoms with Crippen molar-refractivity contribution in [2.24, 2.45) is 0 Å². The molecule has 0 spiro atoms. The first-order valence-electron chi connectivity index (χ1n) is 5.85. The minimum atomic E-state index is -0.207. The molecule has 0 aliphatic heterocycles. The van der Waals surface area contributed by atoms with E-state index in [2.05, 4.69) is 48.5 Å². The van der Waals surface area contributed by atoms with E-state index in [0.29, 0.717) is 11.5 Å². The van der Waals surface area contributed by atoms with Gasteiger partial charge in [-0.2, -0.15) is 25.3 Å². The fourth-order valence-electron chi connectivity index (χ4n) is 0.719.